The standard InChI is InChI=1S/C16H18O5/c17-9-10-19-15-7-3-4-8-16(15)21-12-11-20-14-6-2-1-5-13(14)18/h1-8,17-18H,9-12H2. The molecule has 2 aromatic rings. The fourth-order valence-electron chi connectivity index (χ4n) is 1.73. The first-order valence-corrected chi connectivity index (χ1v) is 6.67. The first kappa shape index (κ1) is 15.0. The zero-order chi connectivity index (χ0) is 14.9. The third kappa shape index (κ3) is 4.57. The van der Waals surface area contributed by atoms with Crippen LogP contribution in [-0.2, 0) is 0 Å². The Kier molecular flexibility index (Phi) is 5.72. The van der Waals surface area contributed by atoms with Gasteiger partial charge in [0.05, 0.1) is 6.61 Å². The number of para-hydroxylation sites is 4. The molecule has 112 valence electrons. The van der Waals surface area contributed by atoms with E-state index in [0.29, 0.717) is 30.5 Å². The largest absolute Gasteiger partial charge is 0.504 e. The molecule has 0 unspecified atom stereocenters. The molecule has 0 aliphatic carbocycles. The quantitative estimate of drug-likeness (QED) is 0.730. The number of aliphatic hydroxyl groups is 1. The molecule has 0 aromatic heterocycles. The third-order valence-electron chi connectivity index (χ3n) is 2.66. The van der Waals surface area contributed by atoms with Crippen molar-refractivity contribution >= 4 is 0 Å². The molecule has 0 fully saturated rings. The molecular formula is C16H18O5. The molecule has 5 heteroatoms. The van der Waals surface area contributed by atoms with Crippen molar-refractivity contribution in [2.45, 2.75) is 0 Å². The highest BCUT2D eigenvalue weighted by Gasteiger charge is 2.04. The van der Waals surface area contributed by atoms with E-state index in [1.807, 2.05) is 12.1 Å². The van der Waals surface area contributed by atoms with E-state index >= 15 is 0 Å². The van der Waals surface area contributed by atoms with E-state index in [9.17, 15) is 5.11 Å². The summed E-state index contributed by atoms with van der Waals surface area (Å²) in [7, 11) is 0. The van der Waals surface area contributed by atoms with Crippen molar-refractivity contribution in [1.82, 2.24) is 0 Å². The summed E-state index contributed by atoms with van der Waals surface area (Å²) in [5.41, 5.74) is 0. The van der Waals surface area contributed by atoms with E-state index in [4.69, 9.17) is 19.3 Å². The number of hydrogen-bond acceptors (Lipinski definition) is 5. The number of ether oxygens (including phenoxy) is 3. The van der Waals surface area contributed by atoms with Gasteiger partial charge in [-0.3, -0.25) is 0 Å². The lowest BCUT2D eigenvalue weighted by molar-refractivity contribution is 0.182. The van der Waals surface area contributed by atoms with Gasteiger partial charge in [-0.1, -0.05) is 24.3 Å². The summed E-state index contributed by atoms with van der Waals surface area (Å²) >= 11 is 0. The number of phenols is 1. The summed E-state index contributed by atoms with van der Waals surface area (Å²) in [6, 6.07) is 14.0. The van der Waals surface area contributed by atoms with Gasteiger partial charge in [0, 0.05) is 0 Å². The molecule has 0 atom stereocenters. The number of phenolic OH excluding ortho intramolecular Hbond substituents is 1. The molecule has 0 spiro atoms. The second-order valence-electron chi connectivity index (χ2n) is 4.18. The zero-order valence-electron chi connectivity index (χ0n) is 11.6. The topological polar surface area (TPSA) is 68.2 Å². The lowest BCUT2D eigenvalue weighted by Gasteiger charge is -2.12. The van der Waals surface area contributed by atoms with Gasteiger partial charge in [0.25, 0.3) is 0 Å². The molecule has 2 rings (SSSR count). The Balaban J connectivity index is 1.82. The van der Waals surface area contributed by atoms with E-state index < -0.39 is 0 Å². The minimum absolute atomic E-state index is 0.0509. The van der Waals surface area contributed by atoms with Crippen molar-refractivity contribution < 1.29 is 24.4 Å². The van der Waals surface area contributed by atoms with Gasteiger partial charge in [-0.15, -0.1) is 0 Å². The molecule has 0 aliphatic heterocycles. The SMILES string of the molecule is OCCOc1ccccc1OCCOc1ccccc1O. The summed E-state index contributed by atoms with van der Waals surface area (Å²) in [6.45, 7) is 0.777. The maximum atomic E-state index is 9.56. The minimum atomic E-state index is -0.0509. The van der Waals surface area contributed by atoms with E-state index in [2.05, 4.69) is 0 Å². The summed E-state index contributed by atoms with van der Waals surface area (Å²) in [6.07, 6.45) is 0. The molecule has 5 nitrogen and oxygen atoms in total. The van der Waals surface area contributed by atoms with Crippen LogP contribution in [0.4, 0.5) is 0 Å². The first-order chi connectivity index (χ1) is 10.3. The fourth-order valence-corrected chi connectivity index (χ4v) is 1.73. The average molecular weight is 290 g/mol. The summed E-state index contributed by atoms with van der Waals surface area (Å²) in [4.78, 5) is 0. The van der Waals surface area contributed by atoms with Crippen molar-refractivity contribution in [2.75, 3.05) is 26.4 Å². The van der Waals surface area contributed by atoms with Crippen LogP contribution in [0, 0.1) is 0 Å². The van der Waals surface area contributed by atoms with Gasteiger partial charge < -0.3 is 24.4 Å². The fraction of sp³-hybridized carbons (Fsp3) is 0.250. The molecule has 0 saturated carbocycles. The molecule has 0 bridgehead atoms. The Hall–Kier alpha value is -2.40. The molecule has 21 heavy (non-hydrogen) atoms. The van der Waals surface area contributed by atoms with Crippen LogP contribution in [0.2, 0.25) is 0 Å². The normalized spacial score (nSPS) is 10.1. The number of benzene rings is 2. The Labute approximate surface area is 123 Å². The van der Waals surface area contributed by atoms with Crippen molar-refractivity contribution in [3.05, 3.63) is 48.5 Å². The maximum absolute atomic E-state index is 9.56. The van der Waals surface area contributed by atoms with E-state index in [-0.39, 0.29) is 19.0 Å². The number of aromatic hydroxyl groups is 1. The molecule has 0 radical (unpaired) electrons. The van der Waals surface area contributed by atoms with Crippen LogP contribution >= 0.6 is 0 Å². The summed E-state index contributed by atoms with van der Waals surface area (Å²) < 4.78 is 16.4. The number of hydrogen-bond donors (Lipinski definition) is 2. The molecular weight excluding hydrogens is 272 g/mol. The van der Waals surface area contributed by atoms with Gasteiger partial charge in [0.1, 0.15) is 19.8 Å². The van der Waals surface area contributed by atoms with Crippen LogP contribution in [0.15, 0.2) is 48.5 Å². The summed E-state index contributed by atoms with van der Waals surface area (Å²) in [5, 5.41) is 18.3. The minimum Gasteiger partial charge on any atom is -0.504 e. The molecule has 2 N–H and O–H groups in total. The Morgan fingerprint density at radius 1 is 0.667 bits per heavy atom. The van der Waals surface area contributed by atoms with E-state index in [1.165, 1.54) is 0 Å². The summed E-state index contributed by atoms with van der Waals surface area (Å²) in [5.74, 6) is 1.69. The molecule has 2 aromatic carbocycles. The van der Waals surface area contributed by atoms with Gasteiger partial charge in [0.2, 0.25) is 0 Å². The second-order valence-corrected chi connectivity index (χ2v) is 4.18. The van der Waals surface area contributed by atoms with Crippen molar-refractivity contribution in [1.29, 1.82) is 0 Å². The van der Waals surface area contributed by atoms with Gasteiger partial charge in [-0.05, 0) is 24.3 Å². The monoisotopic (exact) mass is 290 g/mol. The van der Waals surface area contributed by atoms with Crippen molar-refractivity contribution in [3.63, 3.8) is 0 Å². The maximum Gasteiger partial charge on any atom is 0.161 e. The first-order valence-electron chi connectivity index (χ1n) is 6.67. The third-order valence-corrected chi connectivity index (χ3v) is 2.66. The van der Waals surface area contributed by atoms with Crippen LogP contribution in [0.25, 0.3) is 0 Å². The van der Waals surface area contributed by atoms with Gasteiger partial charge in [0.15, 0.2) is 23.0 Å². The van der Waals surface area contributed by atoms with Gasteiger partial charge >= 0.3 is 0 Å². The van der Waals surface area contributed by atoms with Gasteiger partial charge in [-0.2, -0.15) is 0 Å². The Morgan fingerprint density at radius 2 is 1.14 bits per heavy atom. The smallest absolute Gasteiger partial charge is 0.161 e. The number of aliphatic hydroxyl groups excluding tert-OH is 1. The molecule has 0 aliphatic rings. The zero-order valence-corrected chi connectivity index (χ0v) is 11.6. The van der Waals surface area contributed by atoms with Crippen molar-refractivity contribution in [3.8, 4) is 23.0 Å². The Bertz CT molecular complexity index is 556. The van der Waals surface area contributed by atoms with Crippen LogP contribution in [0.5, 0.6) is 23.0 Å². The number of rotatable bonds is 8. The average Bonchev–Trinajstić information content (AvgIpc) is 2.52. The Morgan fingerprint density at radius 3 is 1.71 bits per heavy atom. The highest BCUT2D eigenvalue weighted by molar-refractivity contribution is 5.39. The van der Waals surface area contributed by atoms with Gasteiger partial charge in [-0.25, -0.2) is 0 Å². The predicted molar refractivity (Wildman–Crippen MR) is 78.1 cm³/mol. The van der Waals surface area contributed by atoms with Crippen molar-refractivity contribution in [2.24, 2.45) is 0 Å². The van der Waals surface area contributed by atoms with Crippen LogP contribution < -0.4 is 14.2 Å². The molecule has 0 amide bonds. The van der Waals surface area contributed by atoms with Crippen LogP contribution in [0.1, 0.15) is 0 Å². The highest BCUT2D eigenvalue weighted by Crippen LogP contribution is 2.27. The second kappa shape index (κ2) is 8.01. The van der Waals surface area contributed by atoms with E-state index in [1.54, 1.807) is 36.4 Å². The molecule has 0 heterocycles. The van der Waals surface area contributed by atoms with Crippen LogP contribution in [-0.4, -0.2) is 36.6 Å². The van der Waals surface area contributed by atoms with Crippen LogP contribution in [0.3, 0.4) is 0 Å². The predicted octanol–water partition coefficient (Wildman–Crippen LogP) is 2.22. The molecule has 0 saturated heterocycles. The lowest BCUT2D eigenvalue weighted by atomic mass is 10.3. The lowest BCUT2D eigenvalue weighted by Crippen LogP contribution is -2.10. The highest BCUT2D eigenvalue weighted by atomic mass is 16.5. The van der Waals surface area contributed by atoms with E-state index in [0.717, 1.165) is 0 Å².